The van der Waals surface area contributed by atoms with Crippen LogP contribution in [0.25, 0.3) is 0 Å². The molecular formula is C17H20F2N2O3S. The maximum Gasteiger partial charge on any atom is 0.260 e. The summed E-state index contributed by atoms with van der Waals surface area (Å²) < 4.78 is 51.3. The van der Waals surface area contributed by atoms with Crippen LogP contribution in [-0.2, 0) is 14.8 Å². The SMILES string of the molecule is O=C(NNS(=O)(=O)c1cc(F)ccc1F)C12CC3CC(CC(C3)C1)C2. The van der Waals surface area contributed by atoms with E-state index in [0.29, 0.717) is 23.8 Å². The molecule has 4 aliphatic carbocycles. The van der Waals surface area contributed by atoms with Gasteiger partial charge in [0.25, 0.3) is 10.0 Å². The van der Waals surface area contributed by atoms with Crippen molar-refractivity contribution in [1.29, 1.82) is 0 Å². The van der Waals surface area contributed by atoms with Gasteiger partial charge < -0.3 is 0 Å². The standard InChI is InChI=1S/C17H20F2N2O3S/c18-13-1-2-14(19)15(6-13)25(23,24)21-20-16(22)17-7-10-3-11(8-17)5-12(4-10)9-17/h1-2,6,10-12,21H,3-5,7-9H2,(H,20,22). The molecule has 0 unspecified atom stereocenters. The third-order valence-corrected chi connectivity index (χ3v) is 7.26. The number of carbonyl (C=O) groups is 1. The van der Waals surface area contributed by atoms with E-state index in [-0.39, 0.29) is 5.91 Å². The van der Waals surface area contributed by atoms with Gasteiger partial charge in [-0.1, -0.05) is 0 Å². The molecule has 0 heterocycles. The van der Waals surface area contributed by atoms with Gasteiger partial charge in [0.05, 0.1) is 5.41 Å². The number of hydrogen-bond acceptors (Lipinski definition) is 3. The van der Waals surface area contributed by atoms with Gasteiger partial charge in [-0.25, -0.2) is 17.2 Å². The zero-order valence-corrected chi connectivity index (χ0v) is 14.4. The molecule has 0 atom stereocenters. The zero-order valence-electron chi connectivity index (χ0n) is 13.6. The van der Waals surface area contributed by atoms with Gasteiger partial charge >= 0.3 is 0 Å². The monoisotopic (exact) mass is 370 g/mol. The van der Waals surface area contributed by atoms with E-state index < -0.39 is 32.0 Å². The average Bonchev–Trinajstić information content (AvgIpc) is 2.53. The molecule has 25 heavy (non-hydrogen) atoms. The van der Waals surface area contributed by atoms with Crippen LogP contribution in [0.2, 0.25) is 0 Å². The van der Waals surface area contributed by atoms with Crippen molar-refractivity contribution >= 4 is 15.9 Å². The van der Waals surface area contributed by atoms with E-state index in [1.165, 1.54) is 0 Å². The second-order valence-corrected chi connectivity index (χ2v) is 9.48. The quantitative estimate of drug-likeness (QED) is 0.800. The van der Waals surface area contributed by atoms with E-state index >= 15 is 0 Å². The summed E-state index contributed by atoms with van der Waals surface area (Å²) in [5, 5.41) is 0. The number of amides is 1. The van der Waals surface area contributed by atoms with Crippen LogP contribution in [0.1, 0.15) is 38.5 Å². The van der Waals surface area contributed by atoms with Gasteiger partial charge in [-0.05, 0) is 74.5 Å². The predicted octanol–water partition coefficient (Wildman–Crippen LogP) is 2.49. The van der Waals surface area contributed by atoms with Gasteiger partial charge in [0, 0.05) is 0 Å². The Hall–Kier alpha value is -1.54. The van der Waals surface area contributed by atoms with E-state index in [1.807, 2.05) is 4.83 Å². The summed E-state index contributed by atoms with van der Waals surface area (Å²) in [6.07, 6.45) is 5.81. The number of hydrazine groups is 1. The molecule has 8 heteroatoms. The van der Waals surface area contributed by atoms with Crippen LogP contribution in [0.5, 0.6) is 0 Å². The van der Waals surface area contributed by atoms with Crippen molar-refractivity contribution in [3.63, 3.8) is 0 Å². The summed E-state index contributed by atoms with van der Waals surface area (Å²) in [5.41, 5.74) is 1.73. The van der Waals surface area contributed by atoms with Crippen LogP contribution in [0.15, 0.2) is 23.1 Å². The highest BCUT2D eigenvalue weighted by molar-refractivity contribution is 7.89. The van der Waals surface area contributed by atoms with Gasteiger partial charge in [-0.2, -0.15) is 0 Å². The summed E-state index contributed by atoms with van der Waals surface area (Å²) in [6, 6.07) is 2.17. The van der Waals surface area contributed by atoms with Crippen molar-refractivity contribution in [1.82, 2.24) is 10.3 Å². The largest absolute Gasteiger partial charge is 0.277 e. The molecule has 1 aromatic carbocycles. The second kappa shape index (κ2) is 5.74. The van der Waals surface area contributed by atoms with Crippen molar-refractivity contribution in [2.24, 2.45) is 23.2 Å². The lowest BCUT2D eigenvalue weighted by Crippen LogP contribution is -2.56. The molecular weight excluding hydrogens is 350 g/mol. The average molecular weight is 370 g/mol. The highest BCUT2D eigenvalue weighted by atomic mass is 32.2. The first-order valence-corrected chi connectivity index (χ1v) is 10.0. The van der Waals surface area contributed by atoms with Crippen LogP contribution < -0.4 is 10.3 Å². The number of carbonyl (C=O) groups excluding carboxylic acids is 1. The molecule has 0 saturated heterocycles. The van der Waals surface area contributed by atoms with E-state index in [0.717, 1.165) is 50.7 Å². The molecule has 0 spiro atoms. The third-order valence-electron chi connectivity index (χ3n) is 6.00. The number of rotatable bonds is 4. The van der Waals surface area contributed by atoms with Crippen LogP contribution in [0.4, 0.5) is 8.78 Å². The number of nitrogens with one attached hydrogen (secondary N) is 2. The molecule has 5 nitrogen and oxygen atoms in total. The first kappa shape index (κ1) is 16.9. The lowest BCUT2D eigenvalue weighted by molar-refractivity contribution is -0.146. The molecule has 4 bridgehead atoms. The molecule has 4 saturated carbocycles. The maximum absolute atomic E-state index is 13.7. The molecule has 136 valence electrons. The second-order valence-electron chi connectivity index (χ2n) is 7.83. The Bertz CT molecular complexity index is 790. The number of sulfonamides is 1. The van der Waals surface area contributed by atoms with E-state index in [1.54, 1.807) is 0 Å². The minimum atomic E-state index is -4.38. The Labute approximate surface area is 145 Å². The maximum atomic E-state index is 13.7. The summed E-state index contributed by atoms with van der Waals surface area (Å²) in [4.78, 5) is 13.8. The smallest absolute Gasteiger partial charge is 0.260 e. The van der Waals surface area contributed by atoms with Crippen LogP contribution in [-0.4, -0.2) is 14.3 Å². The molecule has 5 rings (SSSR count). The van der Waals surface area contributed by atoms with Gasteiger partial charge in [0.2, 0.25) is 5.91 Å². The van der Waals surface area contributed by atoms with Gasteiger partial charge in [-0.15, -0.1) is 4.83 Å². The number of halogens is 2. The fourth-order valence-electron chi connectivity index (χ4n) is 5.37. The Balaban J connectivity index is 1.49. The van der Waals surface area contributed by atoms with Crippen molar-refractivity contribution in [3.05, 3.63) is 29.8 Å². The van der Waals surface area contributed by atoms with E-state index in [2.05, 4.69) is 5.43 Å². The highest BCUT2D eigenvalue weighted by Gasteiger charge is 2.54. The molecule has 1 aromatic rings. The topological polar surface area (TPSA) is 75.3 Å². The van der Waals surface area contributed by atoms with Crippen LogP contribution >= 0.6 is 0 Å². The first-order chi connectivity index (χ1) is 11.8. The highest BCUT2D eigenvalue weighted by Crippen LogP contribution is 2.60. The normalized spacial score (nSPS) is 33.4. The fraction of sp³-hybridized carbons (Fsp3) is 0.588. The molecule has 0 radical (unpaired) electrons. The minimum Gasteiger partial charge on any atom is -0.277 e. The molecule has 4 fully saturated rings. The molecule has 1 amide bonds. The molecule has 4 aliphatic rings. The summed E-state index contributed by atoms with van der Waals surface area (Å²) >= 11 is 0. The van der Waals surface area contributed by atoms with Gasteiger partial charge in [0.1, 0.15) is 16.5 Å². The minimum absolute atomic E-state index is 0.355. The van der Waals surface area contributed by atoms with Crippen LogP contribution in [0.3, 0.4) is 0 Å². The molecule has 0 aliphatic heterocycles. The Kier molecular flexibility index (Phi) is 3.88. The zero-order chi connectivity index (χ0) is 17.8. The van der Waals surface area contributed by atoms with E-state index in [4.69, 9.17) is 0 Å². The molecule has 2 N–H and O–H groups in total. The summed E-state index contributed by atoms with van der Waals surface area (Å²) in [5.74, 6) is -0.683. The fourth-order valence-corrected chi connectivity index (χ4v) is 6.30. The van der Waals surface area contributed by atoms with Crippen molar-refractivity contribution in [3.8, 4) is 0 Å². The Morgan fingerprint density at radius 1 is 1.04 bits per heavy atom. The number of benzene rings is 1. The third kappa shape index (κ3) is 2.95. The van der Waals surface area contributed by atoms with Crippen LogP contribution in [0, 0.1) is 34.8 Å². The van der Waals surface area contributed by atoms with Gasteiger partial charge in [-0.3, -0.25) is 10.2 Å². The Morgan fingerprint density at radius 2 is 1.60 bits per heavy atom. The molecule has 0 aromatic heterocycles. The lowest BCUT2D eigenvalue weighted by atomic mass is 9.49. The van der Waals surface area contributed by atoms with Crippen molar-refractivity contribution in [2.45, 2.75) is 43.4 Å². The number of hydrogen-bond donors (Lipinski definition) is 2. The first-order valence-electron chi connectivity index (χ1n) is 8.55. The Morgan fingerprint density at radius 3 is 2.16 bits per heavy atom. The summed E-state index contributed by atoms with van der Waals surface area (Å²) in [6.45, 7) is 0. The lowest BCUT2D eigenvalue weighted by Gasteiger charge is -2.55. The predicted molar refractivity (Wildman–Crippen MR) is 85.4 cm³/mol. The van der Waals surface area contributed by atoms with E-state index in [9.17, 15) is 22.0 Å². The van der Waals surface area contributed by atoms with Crippen molar-refractivity contribution < 1.29 is 22.0 Å². The van der Waals surface area contributed by atoms with Crippen molar-refractivity contribution in [2.75, 3.05) is 0 Å². The van der Waals surface area contributed by atoms with Gasteiger partial charge in [0.15, 0.2) is 0 Å². The summed E-state index contributed by atoms with van der Waals surface area (Å²) in [7, 11) is -4.38.